The van der Waals surface area contributed by atoms with Crippen molar-refractivity contribution in [1.82, 2.24) is 19.0 Å². The number of amides is 1. The average molecular weight is 354 g/mol. The molecule has 7 nitrogen and oxygen atoms in total. The fourth-order valence-electron chi connectivity index (χ4n) is 2.51. The predicted molar refractivity (Wildman–Crippen MR) is 86.6 cm³/mol. The number of thiophene rings is 1. The second-order valence-electron chi connectivity index (χ2n) is 5.37. The summed E-state index contributed by atoms with van der Waals surface area (Å²) in [5.41, 5.74) is 0.865. The van der Waals surface area contributed by atoms with Gasteiger partial charge in [-0.3, -0.25) is 9.48 Å². The van der Waals surface area contributed by atoms with Crippen molar-refractivity contribution in [1.29, 1.82) is 0 Å². The molecular weight excluding hydrogens is 336 g/mol. The fraction of sp³-hybridized carbons (Fsp3) is 0.429. The molecule has 0 bridgehead atoms. The molecule has 23 heavy (non-hydrogen) atoms. The molecule has 0 N–H and O–H groups in total. The highest BCUT2D eigenvalue weighted by molar-refractivity contribution is 7.91. The lowest BCUT2D eigenvalue weighted by Gasteiger charge is -2.33. The molecule has 0 unspecified atom stereocenters. The standard InChI is InChI=1S/C14H18N4O3S2/c1-12-4-5-17(15-12)11-13(19)16-6-8-18(9-7-16)23(20,21)14-3-2-10-22-14/h2-5,10H,6-9,11H2,1H3. The van der Waals surface area contributed by atoms with Crippen LogP contribution in [-0.2, 0) is 21.4 Å². The molecule has 0 spiro atoms. The topological polar surface area (TPSA) is 75.5 Å². The average Bonchev–Trinajstić information content (AvgIpc) is 3.19. The number of aryl methyl sites for hydroxylation is 1. The summed E-state index contributed by atoms with van der Waals surface area (Å²) in [6.45, 7) is 3.52. The molecule has 1 saturated heterocycles. The van der Waals surface area contributed by atoms with E-state index in [1.807, 2.05) is 13.0 Å². The first kappa shape index (κ1) is 16.2. The van der Waals surface area contributed by atoms with Crippen molar-refractivity contribution in [3.8, 4) is 0 Å². The molecule has 1 amide bonds. The summed E-state index contributed by atoms with van der Waals surface area (Å²) in [7, 11) is -3.43. The molecule has 124 valence electrons. The maximum atomic E-state index is 12.4. The van der Waals surface area contributed by atoms with Gasteiger partial charge < -0.3 is 4.90 Å². The third-order valence-electron chi connectivity index (χ3n) is 3.75. The number of nitrogens with zero attached hydrogens (tertiary/aromatic N) is 4. The van der Waals surface area contributed by atoms with Crippen LogP contribution in [0.1, 0.15) is 5.69 Å². The molecule has 2 aromatic rings. The minimum Gasteiger partial charge on any atom is -0.338 e. The fourth-order valence-corrected chi connectivity index (χ4v) is 5.07. The quantitative estimate of drug-likeness (QED) is 0.813. The van der Waals surface area contributed by atoms with Gasteiger partial charge in [0.15, 0.2) is 0 Å². The molecule has 0 atom stereocenters. The van der Waals surface area contributed by atoms with Gasteiger partial charge in [-0.1, -0.05) is 6.07 Å². The Morgan fingerprint density at radius 3 is 2.57 bits per heavy atom. The van der Waals surface area contributed by atoms with E-state index in [-0.39, 0.29) is 12.5 Å². The number of carbonyl (C=O) groups excluding carboxylic acids is 1. The van der Waals surface area contributed by atoms with Crippen molar-refractivity contribution in [2.45, 2.75) is 17.7 Å². The van der Waals surface area contributed by atoms with E-state index in [9.17, 15) is 13.2 Å². The maximum Gasteiger partial charge on any atom is 0.252 e. The molecule has 1 aliphatic rings. The van der Waals surface area contributed by atoms with Crippen molar-refractivity contribution in [3.63, 3.8) is 0 Å². The van der Waals surface area contributed by atoms with Gasteiger partial charge in [0.05, 0.1) is 5.69 Å². The predicted octanol–water partition coefficient (Wildman–Crippen LogP) is 0.786. The highest BCUT2D eigenvalue weighted by atomic mass is 32.2. The molecule has 0 radical (unpaired) electrons. The summed E-state index contributed by atoms with van der Waals surface area (Å²) in [5, 5.41) is 5.95. The van der Waals surface area contributed by atoms with Gasteiger partial charge in [0.2, 0.25) is 5.91 Å². The Morgan fingerprint density at radius 2 is 2.00 bits per heavy atom. The Labute approximate surface area is 139 Å². The highest BCUT2D eigenvalue weighted by Crippen LogP contribution is 2.22. The van der Waals surface area contributed by atoms with Gasteiger partial charge in [-0.05, 0) is 24.4 Å². The van der Waals surface area contributed by atoms with E-state index in [0.717, 1.165) is 5.69 Å². The van der Waals surface area contributed by atoms with Gasteiger partial charge in [-0.2, -0.15) is 9.40 Å². The van der Waals surface area contributed by atoms with Crippen molar-refractivity contribution < 1.29 is 13.2 Å². The molecule has 3 heterocycles. The SMILES string of the molecule is Cc1ccn(CC(=O)N2CCN(S(=O)(=O)c3cccs3)CC2)n1. The van der Waals surface area contributed by atoms with Gasteiger partial charge in [0.25, 0.3) is 10.0 Å². The van der Waals surface area contributed by atoms with Gasteiger partial charge in [0, 0.05) is 32.4 Å². The number of hydrogen-bond donors (Lipinski definition) is 0. The first-order chi connectivity index (χ1) is 11.0. The lowest BCUT2D eigenvalue weighted by Crippen LogP contribution is -2.51. The van der Waals surface area contributed by atoms with E-state index < -0.39 is 10.0 Å². The molecule has 2 aromatic heterocycles. The van der Waals surface area contributed by atoms with Gasteiger partial charge in [-0.15, -0.1) is 11.3 Å². The molecule has 3 rings (SSSR count). The van der Waals surface area contributed by atoms with Crippen LogP contribution in [0.25, 0.3) is 0 Å². The molecule has 0 saturated carbocycles. The van der Waals surface area contributed by atoms with Crippen LogP contribution in [-0.4, -0.2) is 59.5 Å². The van der Waals surface area contributed by atoms with Crippen LogP contribution in [0.4, 0.5) is 0 Å². The minimum absolute atomic E-state index is 0.0405. The Kier molecular flexibility index (Phi) is 4.51. The van der Waals surface area contributed by atoms with Crippen molar-refractivity contribution in [2.75, 3.05) is 26.2 Å². The second-order valence-corrected chi connectivity index (χ2v) is 8.48. The third-order valence-corrected chi connectivity index (χ3v) is 7.02. The van der Waals surface area contributed by atoms with Crippen LogP contribution < -0.4 is 0 Å². The number of sulfonamides is 1. The molecule has 9 heteroatoms. The monoisotopic (exact) mass is 354 g/mol. The minimum atomic E-state index is -3.43. The van der Waals surface area contributed by atoms with Crippen LogP contribution in [0.2, 0.25) is 0 Å². The van der Waals surface area contributed by atoms with Crippen LogP contribution in [0.3, 0.4) is 0 Å². The Balaban J connectivity index is 1.59. The highest BCUT2D eigenvalue weighted by Gasteiger charge is 2.30. The van der Waals surface area contributed by atoms with E-state index in [4.69, 9.17) is 0 Å². The smallest absolute Gasteiger partial charge is 0.252 e. The van der Waals surface area contributed by atoms with E-state index in [0.29, 0.717) is 30.4 Å². The molecule has 0 aromatic carbocycles. The van der Waals surface area contributed by atoms with E-state index in [1.165, 1.54) is 15.6 Å². The number of aromatic nitrogens is 2. The van der Waals surface area contributed by atoms with Crippen LogP contribution in [0, 0.1) is 6.92 Å². The lowest BCUT2D eigenvalue weighted by atomic mass is 10.3. The summed E-state index contributed by atoms with van der Waals surface area (Å²) in [4.78, 5) is 14.0. The zero-order valence-electron chi connectivity index (χ0n) is 12.8. The first-order valence-corrected chi connectivity index (χ1v) is 9.60. The summed E-state index contributed by atoms with van der Waals surface area (Å²) in [5.74, 6) is -0.0405. The molecule has 0 aliphatic carbocycles. The number of carbonyl (C=O) groups is 1. The molecule has 1 aliphatic heterocycles. The normalized spacial score (nSPS) is 16.7. The summed E-state index contributed by atoms with van der Waals surface area (Å²) >= 11 is 1.21. The number of hydrogen-bond acceptors (Lipinski definition) is 5. The summed E-state index contributed by atoms with van der Waals surface area (Å²) in [6, 6.07) is 5.18. The zero-order chi connectivity index (χ0) is 16.4. The molecule has 1 fully saturated rings. The van der Waals surface area contributed by atoms with Gasteiger partial charge >= 0.3 is 0 Å². The van der Waals surface area contributed by atoms with E-state index in [2.05, 4.69) is 5.10 Å². The third kappa shape index (κ3) is 3.46. The van der Waals surface area contributed by atoms with Gasteiger partial charge in [-0.25, -0.2) is 8.42 Å². The van der Waals surface area contributed by atoms with E-state index >= 15 is 0 Å². The van der Waals surface area contributed by atoms with Crippen molar-refractivity contribution >= 4 is 27.3 Å². The van der Waals surface area contributed by atoms with Crippen LogP contribution in [0.5, 0.6) is 0 Å². The van der Waals surface area contributed by atoms with Crippen molar-refractivity contribution in [3.05, 3.63) is 35.5 Å². The summed E-state index contributed by atoms with van der Waals surface area (Å²) in [6.07, 6.45) is 1.77. The Bertz CT molecular complexity index is 775. The lowest BCUT2D eigenvalue weighted by molar-refractivity contribution is -0.133. The molecular formula is C14H18N4O3S2. The number of piperazine rings is 1. The second kappa shape index (κ2) is 6.42. The van der Waals surface area contributed by atoms with E-state index in [1.54, 1.807) is 33.3 Å². The van der Waals surface area contributed by atoms with Crippen molar-refractivity contribution in [2.24, 2.45) is 0 Å². The van der Waals surface area contributed by atoms with Crippen LogP contribution >= 0.6 is 11.3 Å². The maximum absolute atomic E-state index is 12.4. The first-order valence-electron chi connectivity index (χ1n) is 7.28. The van der Waals surface area contributed by atoms with Crippen LogP contribution in [0.15, 0.2) is 34.0 Å². The number of rotatable bonds is 4. The Hall–Kier alpha value is -1.71. The van der Waals surface area contributed by atoms with Gasteiger partial charge in [0.1, 0.15) is 10.8 Å². The zero-order valence-corrected chi connectivity index (χ0v) is 14.4. The Morgan fingerprint density at radius 1 is 1.26 bits per heavy atom. The summed E-state index contributed by atoms with van der Waals surface area (Å²) < 4.78 is 28.3. The largest absolute Gasteiger partial charge is 0.338 e.